The highest BCUT2D eigenvalue weighted by molar-refractivity contribution is 5.72. The Labute approximate surface area is 97.9 Å². The number of rotatable bonds is 5. The quantitative estimate of drug-likeness (QED) is 0.666. The fraction of sp³-hybridized carbons (Fsp3) is 0.917. The maximum absolute atomic E-state index is 11.6. The third kappa shape index (κ3) is 4.10. The fourth-order valence-electron chi connectivity index (χ4n) is 2.11. The molecule has 1 fully saturated rings. The third-order valence-electron chi connectivity index (χ3n) is 3.04. The summed E-state index contributed by atoms with van der Waals surface area (Å²) in [6.45, 7) is 7.14. The van der Waals surface area contributed by atoms with Gasteiger partial charge < -0.3 is 9.47 Å². The van der Waals surface area contributed by atoms with Crippen LogP contribution < -0.4 is 0 Å². The predicted molar refractivity (Wildman–Crippen MR) is 62.3 cm³/mol. The van der Waals surface area contributed by atoms with Gasteiger partial charge in [0.05, 0.1) is 18.6 Å². The van der Waals surface area contributed by atoms with Crippen molar-refractivity contribution in [3.05, 3.63) is 0 Å². The Balaban J connectivity index is 2.37. The van der Waals surface area contributed by atoms with Gasteiger partial charge >= 0.3 is 5.97 Å². The van der Waals surface area contributed by atoms with E-state index >= 15 is 0 Å². The van der Waals surface area contributed by atoms with Crippen LogP contribution in [-0.2, 0) is 14.3 Å². The van der Waals surface area contributed by atoms with Gasteiger partial charge in [0, 0.05) is 20.2 Å². The number of nitrogens with zero attached hydrogens (tertiary/aromatic N) is 1. The number of carbonyl (C=O) groups is 1. The molecule has 0 saturated carbocycles. The van der Waals surface area contributed by atoms with E-state index in [1.807, 2.05) is 13.8 Å². The Bertz CT molecular complexity index is 220. The first-order valence-corrected chi connectivity index (χ1v) is 6.09. The van der Waals surface area contributed by atoms with E-state index in [1.54, 1.807) is 7.11 Å². The van der Waals surface area contributed by atoms with Crippen molar-refractivity contribution in [2.45, 2.75) is 32.8 Å². The molecule has 0 N–H and O–H groups in total. The maximum Gasteiger partial charge on any atom is 0.310 e. The number of piperidine rings is 1. The normalized spacial score (nSPS) is 24.1. The van der Waals surface area contributed by atoms with Gasteiger partial charge in [0.15, 0.2) is 0 Å². The lowest BCUT2D eigenvalue weighted by Crippen LogP contribution is -2.42. The molecule has 4 nitrogen and oxygen atoms in total. The van der Waals surface area contributed by atoms with Crippen molar-refractivity contribution < 1.29 is 14.3 Å². The lowest BCUT2D eigenvalue weighted by molar-refractivity contribution is -0.150. The van der Waals surface area contributed by atoms with Crippen molar-refractivity contribution in [3.63, 3.8) is 0 Å². The second kappa shape index (κ2) is 6.86. The van der Waals surface area contributed by atoms with Crippen LogP contribution in [0.25, 0.3) is 0 Å². The molecule has 0 aromatic heterocycles. The number of esters is 1. The summed E-state index contributed by atoms with van der Waals surface area (Å²) in [7, 11) is 1.72. The number of methoxy groups -OCH3 is 1. The highest BCUT2D eigenvalue weighted by Crippen LogP contribution is 2.18. The second-order valence-corrected chi connectivity index (χ2v) is 4.40. The van der Waals surface area contributed by atoms with E-state index in [0.717, 1.165) is 32.5 Å². The monoisotopic (exact) mass is 229 g/mol. The summed E-state index contributed by atoms with van der Waals surface area (Å²) in [6, 6.07) is 0. The van der Waals surface area contributed by atoms with E-state index in [4.69, 9.17) is 9.47 Å². The van der Waals surface area contributed by atoms with E-state index in [2.05, 4.69) is 4.90 Å². The molecule has 4 heteroatoms. The zero-order valence-corrected chi connectivity index (χ0v) is 10.6. The van der Waals surface area contributed by atoms with Gasteiger partial charge in [0.1, 0.15) is 0 Å². The van der Waals surface area contributed by atoms with Gasteiger partial charge in [-0.2, -0.15) is 0 Å². The van der Waals surface area contributed by atoms with Gasteiger partial charge in [-0.05, 0) is 33.2 Å². The molecule has 0 radical (unpaired) electrons. The Morgan fingerprint density at radius 1 is 1.56 bits per heavy atom. The maximum atomic E-state index is 11.6. The number of likely N-dealkylation sites (tertiary alicyclic amines) is 1. The summed E-state index contributed by atoms with van der Waals surface area (Å²) in [4.78, 5) is 13.9. The highest BCUT2D eigenvalue weighted by Gasteiger charge is 2.27. The van der Waals surface area contributed by atoms with Crippen molar-refractivity contribution in [1.29, 1.82) is 0 Å². The van der Waals surface area contributed by atoms with Crippen molar-refractivity contribution in [1.82, 2.24) is 4.90 Å². The first kappa shape index (κ1) is 13.5. The second-order valence-electron chi connectivity index (χ2n) is 4.40. The van der Waals surface area contributed by atoms with Crippen molar-refractivity contribution in [3.8, 4) is 0 Å². The third-order valence-corrected chi connectivity index (χ3v) is 3.04. The van der Waals surface area contributed by atoms with Gasteiger partial charge in [-0.1, -0.05) is 0 Å². The molecule has 1 saturated heterocycles. The van der Waals surface area contributed by atoms with Crippen LogP contribution in [0.4, 0.5) is 0 Å². The standard InChI is InChI=1S/C12H23NO3/c1-4-16-12(14)11-6-5-7-13(9-11)8-10(2)15-3/h10-11H,4-9H2,1-3H3/t10?,11-/m0/s1. The summed E-state index contributed by atoms with van der Waals surface area (Å²) in [6.07, 6.45) is 2.25. The molecule has 16 heavy (non-hydrogen) atoms. The summed E-state index contributed by atoms with van der Waals surface area (Å²) >= 11 is 0. The predicted octanol–water partition coefficient (Wildman–Crippen LogP) is 1.30. The van der Waals surface area contributed by atoms with Crippen LogP contribution in [0.3, 0.4) is 0 Å². The summed E-state index contributed by atoms with van der Waals surface area (Å²) in [5, 5.41) is 0. The van der Waals surface area contributed by atoms with E-state index in [9.17, 15) is 4.79 Å². The number of ether oxygens (including phenoxy) is 2. The molecule has 1 unspecified atom stereocenters. The van der Waals surface area contributed by atoms with Crippen molar-refractivity contribution in [2.24, 2.45) is 5.92 Å². The first-order valence-electron chi connectivity index (χ1n) is 6.09. The number of hydrogen-bond acceptors (Lipinski definition) is 4. The lowest BCUT2D eigenvalue weighted by atomic mass is 9.98. The minimum absolute atomic E-state index is 0.0442. The van der Waals surface area contributed by atoms with Crippen LogP contribution in [0.1, 0.15) is 26.7 Å². The highest BCUT2D eigenvalue weighted by atomic mass is 16.5. The van der Waals surface area contributed by atoms with Crippen LogP contribution in [-0.4, -0.2) is 50.3 Å². The molecule has 1 aliphatic rings. The molecule has 94 valence electrons. The molecule has 0 aromatic carbocycles. The SMILES string of the molecule is CCOC(=O)[C@H]1CCCN(CC(C)OC)C1. The largest absolute Gasteiger partial charge is 0.466 e. The van der Waals surface area contributed by atoms with Crippen LogP contribution in [0.2, 0.25) is 0 Å². The summed E-state index contributed by atoms with van der Waals surface area (Å²) in [5.74, 6) is 0.00928. The Kier molecular flexibility index (Phi) is 5.77. The van der Waals surface area contributed by atoms with E-state index < -0.39 is 0 Å². The lowest BCUT2D eigenvalue weighted by Gasteiger charge is -2.32. The van der Waals surface area contributed by atoms with Crippen molar-refractivity contribution >= 4 is 5.97 Å². The molecule has 1 aliphatic heterocycles. The van der Waals surface area contributed by atoms with Crippen LogP contribution in [0.15, 0.2) is 0 Å². The molecule has 0 bridgehead atoms. The smallest absolute Gasteiger partial charge is 0.310 e. The Hall–Kier alpha value is -0.610. The zero-order chi connectivity index (χ0) is 12.0. The molecule has 0 amide bonds. The number of hydrogen-bond donors (Lipinski definition) is 0. The first-order chi connectivity index (χ1) is 7.67. The minimum Gasteiger partial charge on any atom is -0.466 e. The van der Waals surface area contributed by atoms with Gasteiger partial charge in [0.25, 0.3) is 0 Å². The van der Waals surface area contributed by atoms with Crippen LogP contribution >= 0.6 is 0 Å². The zero-order valence-electron chi connectivity index (χ0n) is 10.6. The Morgan fingerprint density at radius 2 is 2.31 bits per heavy atom. The van der Waals surface area contributed by atoms with Crippen LogP contribution in [0, 0.1) is 5.92 Å². The fourth-order valence-corrected chi connectivity index (χ4v) is 2.11. The van der Waals surface area contributed by atoms with E-state index in [1.165, 1.54) is 0 Å². The van der Waals surface area contributed by atoms with E-state index in [0.29, 0.717) is 6.61 Å². The number of carbonyl (C=O) groups excluding carboxylic acids is 1. The topological polar surface area (TPSA) is 38.8 Å². The molecule has 0 aromatic rings. The van der Waals surface area contributed by atoms with E-state index in [-0.39, 0.29) is 18.0 Å². The molecule has 1 rings (SSSR count). The molecular formula is C12H23NO3. The van der Waals surface area contributed by atoms with Gasteiger partial charge in [-0.3, -0.25) is 9.69 Å². The molecule has 0 aliphatic carbocycles. The Morgan fingerprint density at radius 3 is 2.94 bits per heavy atom. The van der Waals surface area contributed by atoms with Crippen LogP contribution in [0.5, 0.6) is 0 Å². The molecule has 2 atom stereocenters. The summed E-state index contributed by atoms with van der Waals surface area (Å²) < 4.78 is 10.3. The molecule has 0 spiro atoms. The average Bonchev–Trinajstić information content (AvgIpc) is 2.29. The molecule has 1 heterocycles. The van der Waals surface area contributed by atoms with Gasteiger partial charge in [-0.15, -0.1) is 0 Å². The minimum atomic E-state index is -0.0442. The average molecular weight is 229 g/mol. The molecular weight excluding hydrogens is 206 g/mol. The van der Waals surface area contributed by atoms with Crippen molar-refractivity contribution in [2.75, 3.05) is 33.4 Å². The van der Waals surface area contributed by atoms with Gasteiger partial charge in [-0.25, -0.2) is 0 Å². The summed E-state index contributed by atoms with van der Waals surface area (Å²) in [5.41, 5.74) is 0. The van der Waals surface area contributed by atoms with Gasteiger partial charge in [0.2, 0.25) is 0 Å².